The van der Waals surface area contributed by atoms with Gasteiger partial charge >= 0.3 is 0 Å². The minimum Gasteiger partial charge on any atom is -0.270 e. The van der Waals surface area contributed by atoms with Crippen LogP contribution in [0.5, 0.6) is 0 Å². The summed E-state index contributed by atoms with van der Waals surface area (Å²) in [4.78, 5) is 0. The Labute approximate surface area is 114 Å². The van der Waals surface area contributed by atoms with Crippen LogP contribution in [-0.2, 0) is 16.4 Å². The van der Waals surface area contributed by atoms with E-state index < -0.39 is 10.0 Å². The molecular formula is C13H21N3O2S. The van der Waals surface area contributed by atoms with Crippen LogP contribution in [0.4, 0.5) is 0 Å². The van der Waals surface area contributed by atoms with Gasteiger partial charge in [-0.15, -0.1) is 0 Å². The van der Waals surface area contributed by atoms with Crippen molar-refractivity contribution in [1.29, 1.82) is 0 Å². The van der Waals surface area contributed by atoms with Crippen molar-refractivity contribution in [3.8, 4) is 0 Å². The summed E-state index contributed by atoms with van der Waals surface area (Å²) in [6.45, 7) is 4.17. The number of fused-ring (bicyclic) bond motifs is 1. The molecule has 2 aliphatic carbocycles. The molecular weight excluding hydrogens is 262 g/mol. The number of nitrogens with zero attached hydrogens (tertiary/aromatic N) is 2. The summed E-state index contributed by atoms with van der Waals surface area (Å²) in [6.07, 6.45) is 6.55. The lowest BCUT2D eigenvalue weighted by Crippen LogP contribution is -2.33. The monoisotopic (exact) mass is 283 g/mol. The zero-order chi connectivity index (χ0) is 13.6. The average molecular weight is 283 g/mol. The highest BCUT2D eigenvalue weighted by molar-refractivity contribution is 7.90. The molecule has 1 aromatic rings. The molecule has 2 aliphatic rings. The molecule has 1 N–H and O–H groups in total. The second-order valence-electron chi connectivity index (χ2n) is 5.92. The Bertz CT molecular complexity index is 573. The third kappa shape index (κ3) is 2.56. The van der Waals surface area contributed by atoms with E-state index in [1.165, 1.54) is 5.56 Å². The number of nitrogens with one attached hydrogen (secondary N) is 1. The molecule has 1 atom stereocenters. The Hall–Kier alpha value is -0.880. The first-order chi connectivity index (χ1) is 8.97. The molecule has 1 saturated carbocycles. The molecule has 0 unspecified atom stereocenters. The van der Waals surface area contributed by atoms with Crippen LogP contribution in [0.2, 0.25) is 0 Å². The molecule has 106 valence electrons. The van der Waals surface area contributed by atoms with E-state index in [1.54, 1.807) is 0 Å². The number of aromatic nitrogens is 2. The number of aryl methyl sites for hydroxylation is 1. The number of sulfonamides is 1. The van der Waals surface area contributed by atoms with Crippen molar-refractivity contribution in [3.63, 3.8) is 0 Å². The molecule has 0 amide bonds. The Morgan fingerprint density at radius 2 is 2.11 bits per heavy atom. The van der Waals surface area contributed by atoms with Crippen molar-refractivity contribution in [2.45, 2.75) is 63.3 Å². The van der Waals surface area contributed by atoms with E-state index in [-0.39, 0.29) is 11.3 Å². The zero-order valence-electron chi connectivity index (χ0n) is 11.5. The van der Waals surface area contributed by atoms with Gasteiger partial charge in [0.15, 0.2) is 0 Å². The number of hydrogen-bond donors (Lipinski definition) is 1. The van der Waals surface area contributed by atoms with E-state index in [0.717, 1.165) is 37.8 Å². The molecule has 5 nitrogen and oxygen atoms in total. The Balaban J connectivity index is 1.85. The Morgan fingerprint density at radius 1 is 1.37 bits per heavy atom. The van der Waals surface area contributed by atoms with E-state index in [1.807, 2.05) is 4.68 Å². The number of rotatable bonds is 4. The fraction of sp³-hybridized carbons (Fsp3) is 0.769. The van der Waals surface area contributed by atoms with E-state index in [9.17, 15) is 8.42 Å². The molecule has 1 heterocycles. The van der Waals surface area contributed by atoms with Gasteiger partial charge in [0.2, 0.25) is 10.0 Å². The first-order valence-electron chi connectivity index (χ1n) is 7.06. The van der Waals surface area contributed by atoms with Crippen LogP contribution in [0.25, 0.3) is 0 Å². The molecule has 3 rings (SSSR count). The Morgan fingerprint density at radius 3 is 2.74 bits per heavy atom. The molecule has 0 saturated heterocycles. The van der Waals surface area contributed by atoms with Crippen molar-refractivity contribution in [3.05, 3.63) is 17.5 Å². The lowest BCUT2D eigenvalue weighted by atomic mass is 9.94. The van der Waals surface area contributed by atoms with Gasteiger partial charge in [0.05, 0.1) is 17.0 Å². The van der Waals surface area contributed by atoms with Gasteiger partial charge < -0.3 is 0 Å². The van der Waals surface area contributed by atoms with Crippen molar-refractivity contribution < 1.29 is 8.42 Å². The average Bonchev–Trinajstić information content (AvgIpc) is 3.09. The highest BCUT2D eigenvalue weighted by Gasteiger charge is 2.38. The highest BCUT2D eigenvalue weighted by Crippen LogP contribution is 2.33. The predicted molar refractivity (Wildman–Crippen MR) is 73.4 cm³/mol. The summed E-state index contributed by atoms with van der Waals surface area (Å²) >= 11 is 0. The summed E-state index contributed by atoms with van der Waals surface area (Å²) in [5.41, 5.74) is 2.13. The van der Waals surface area contributed by atoms with Crippen LogP contribution in [0.3, 0.4) is 0 Å². The van der Waals surface area contributed by atoms with Gasteiger partial charge in [-0.25, -0.2) is 13.1 Å². The predicted octanol–water partition coefficient (Wildman–Crippen LogP) is 1.92. The van der Waals surface area contributed by atoms with Crippen molar-refractivity contribution in [1.82, 2.24) is 14.5 Å². The molecule has 1 aromatic heterocycles. The second kappa shape index (κ2) is 4.59. The van der Waals surface area contributed by atoms with Crippen LogP contribution >= 0.6 is 0 Å². The molecule has 0 radical (unpaired) electrons. The molecule has 6 heteroatoms. The minimum absolute atomic E-state index is 0.130. The van der Waals surface area contributed by atoms with E-state index in [4.69, 9.17) is 0 Å². The normalized spacial score (nSPS) is 23.6. The third-order valence-corrected chi connectivity index (χ3v) is 5.87. The van der Waals surface area contributed by atoms with Gasteiger partial charge in [-0.3, -0.25) is 4.68 Å². The SMILES string of the molecule is CC(C)n1cc2c(n1)[C@@H](NS(=O)(=O)C1CC1)CCC2. The van der Waals surface area contributed by atoms with Crippen LogP contribution < -0.4 is 4.72 Å². The zero-order valence-corrected chi connectivity index (χ0v) is 12.3. The Kier molecular flexibility index (Phi) is 3.17. The molecule has 0 aliphatic heterocycles. The third-order valence-electron chi connectivity index (χ3n) is 3.91. The smallest absolute Gasteiger partial charge is 0.215 e. The van der Waals surface area contributed by atoms with Gasteiger partial charge in [0.25, 0.3) is 0 Å². The molecule has 19 heavy (non-hydrogen) atoms. The lowest BCUT2D eigenvalue weighted by molar-refractivity contribution is 0.480. The maximum absolute atomic E-state index is 12.1. The van der Waals surface area contributed by atoms with E-state index >= 15 is 0 Å². The van der Waals surface area contributed by atoms with Crippen molar-refractivity contribution in [2.24, 2.45) is 0 Å². The van der Waals surface area contributed by atoms with Crippen molar-refractivity contribution in [2.75, 3.05) is 0 Å². The van der Waals surface area contributed by atoms with Crippen LogP contribution in [-0.4, -0.2) is 23.4 Å². The molecule has 1 fully saturated rings. The van der Waals surface area contributed by atoms with Gasteiger partial charge in [-0.2, -0.15) is 5.10 Å². The topological polar surface area (TPSA) is 64.0 Å². The minimum atomic E-state index is -3.14. The fourth-order valence-corrected chi connectivity index (χ4v) is 4.19. The standard InChI is InChI=1S/C13H21N3O2S/c1-9(2)16-8-10-4-3-5-12(13(10)14-16)15-19(17,18)11-6-7-11/h8-9,11-12,15H,3-7H2,1-2H3/t12-/m0/s1. The molecule has 0 bridgehead atoms. The maximum Gasteiger partial charge on any atom is 0.215 e. The van der Waals surface area contributed by atoms with E-state index in [0.29, 0.717) is 6.04 Å². The maximum atomic E-state index is 12.1. The molecule has 0 aromatic carbocycles. The summed E-state index contributed by atoms with van der Waals surface area (Å²) in [6, 6.07) is 0.181. The van der Waals surface area contributed by atoms with Gasteiger partial charge in [0, 0.05) is 12.2 Å². The van der Waals surface area contributed by atoms with E-state index in [2.05, 4.69) is 29.9 Å². The molecule has 0 spiro atoms. The van der Waals surface area contributed by atoms with Crippen molar-refractivity contribution >= 4 is 10.0 Å². The first-order valence-corrected chi connectivity index (χ1v) is 8.61. The van der Waals surface area contributed by atoms with Gasteiger partial charge in [-0.05, 0) is 51.5 Å². The van der Waals surface area contributed by atoms with Crippen LogP contribution in [0.1, 0.15) is 62.9 Å². The second-order valence-corrected chi connectivity index (χ2v) is 7.91. The van der Waals surface area contributed by atoms with Gasteiger partial charge in [-0.1, -0.05) is 0 Å². The first kappa shape index (κ1) is 13.1. The summed E-state index contributed by atoms with van der Waals surface area (Å²) in [5, 5.41) is 4.42. The van der Waals surface area contributed by atoms with Crippen LogP contribution in [0, 0.1) is 0 Å². The fourth-order valence-electron chi connectivity index (χ4n) is 2.61. The van der Waals surface area contributed by atoms with Gasteiger partial charge in [0.1, 0.15) is 0 Å². The summed E-state index contributed by atoms with van der Waals surface area (Å²) in [5.74, 6) is 0. The summed E-state index contributed by atoms with van der Waals surface area (Å²) < 4.78 is 28.9. The lowest BCUT2D eigenvalue weighted by Gasteiger charge is -2.22. The summed E-state index contributed by atoms with van der Waals surface area (Å²) in [7, 11) is -3.14. The van der Waals surface area contributed by atoms with Crippen LogP contribution in [0.15, 0.2) is 6.20 Å². The largest absolute Gasteiger partial charge is 0.270 e. The highest BCUT2D eigenvalue weighted by atomic mass is 32.2. The quantitative estimate of drug-likeness (QED) is 0.918. The number of hydrogen-bond acceptors (Lipinski definition) is 3.